The van der Waals surface area contributed by atoms with Gasteiger partial charge >= 0.3 is 5.97 Å². The summed E-state index contributed by atoms with van der Waals surface area (Å²) in [5.41, 5.74) is 0.612. The number of halogens is 2. The van der Waals surface area contributed by atoms with Gasteiger partial charge in [0.2, 0.25) is 0 Å². The highest BCUT2D eigenvalue weighted by Gasteiger charge is 2.12. The van der Waals surface area contributed by atoms with Crippen molar-refractivity contribution in [1.29, 1.82) is 0 Å². The molecule has 21 heavy (non-hydrogen) atoms. The third-order valence-corrected chi connectivity index (χ3v) is 3.46. The van der Waals surface area contributed by atoms with Crippen molar-refractivity contribution in [1.82, 2.24) is 0 Å². The Morgan fingerprint density at radius 3 is 2.38 bits per heavy atom. The Hall–Kier alpha value is -1.71. The molecule has 2 aromatic rings. The average Bonchev–Trinajstić information content (AvgIpc) is 2.48. The lowest BCUT2D eigenvalue weighted by Crippen LogP contribution is -2.09. The van der Waals surface area contributed by atoms with E-state index in [9.17, 15) is 4.79 Å². The van der Waals surface area contributed by atoms with Crippen LogP contribution in [-0.2, 0) is 11.4 Å². The van der Waals surface area contributed by atoms with Crippen LogP contribution in [0.1, 0.15) is 18.9 Å². The molecule has 3 nitrogen and oxygen atoms in total. The molecule has 0 spiro atoms. The van der Waals surface area contributed by atoms with Gasteiger partial charge in [-0.15, -0.1) is 0 Å². The van der Waals surface area contributed by atoms with Crippen LogP contribution in [0.15, 0.2) is 42.5 Å². The second-order valence-electron chi connectivity index (χ2n) is 4.26. The predicted molar refractivity (Wildman–Crippen MR) is 83.2 cm³/mol. The molecule has 0 unspecified atom stereocenters. The van der Waals surface area contributed by atoms with E-state index in [1.165, 1.54) is 0 Å². The molecule has 0 aromatic heterocycles. The number of carbonyl (C=O) groups excluding carboxylic acids is 1. The zero-order valence-electron chi connectivity index (χ0n) is 11.4. The van der Waals surface area contributed by atoms with Gasteiger partial charge in [0.25, 0.3) is 0 Å². The molecule has 0 atom stereocenters. The molecule has 0 aliphatic heterocycles. The van der Waals surface area contributed by atoms with Crippen LogP contribution in [0.4, 0.5) is 0 Å². The lowest BCUT2D eigenvalue weighted by molar-refractivity contribution is -0.134. The zero-order valence-corrected chi connectivity index (χ0v) is 12.9. The van der Waals surface area contributed by atoms with Gasteiger partial charge in [-0.1, -0.05) is 48.3 Å². The maximum absolute atomic E-state index is 11.4. The fraction of sp³-hybridized carbons (Fsp3) is 0.188. The summed E-state index contributed by atoms with van der Waals surface area (Å²) in [4.78, 5) is 11.4. The Bertz CT molecular complexity index is 641. The van der Waals surface area contributed by atoms with Crippen LogP contribution in [0.5, 0.6) is 11.5 Å². The third kappa shape index (κ3) is 4.13. The highest BCUT2D eigenvalue weighted by atomic mass is 35.5. The van der Waals surface area contributed by atoms with E-state index >= 15 is 0 Å². The van der Waals surface area contributed by atoms with E-state index in [1.54, 1.807) is 37.3 Å². The van der Waals surface area contributed by atoms with Crippen molar-refractivity contribution in [2.75, 3.05) is 0 Å². The first-order valence-electron chi connectivity index (χ1n) is 6.47. The molecule has 0 heterocycles. The smallest absolute Gasteiger partial charge is 0.310 e. The zero-order chi connectivity index (χ0) is 15.2. The maximum atomic E-state index is 11.4. The summed E-state index contributed by atoms with van der Waals surface area (Å²) < 4.78 is 10.9. The van der Waals surface area contributed by atoms with E-state index in [1.807, 2.05) is 12.1 Å². The highest BCUT2D eigenvalue weighted by Crippen LogP contribution is 2.30. The van der Waals surface area contributed by atoms with Crippen molar-refractivity contribution in [2.24, 2.45) is 0 Å². The average molecular weight is 325 g/mol. The Kier molecular flexibility index (Phi) is 5.48. The summed E-state index contributed by atoms with van der Waals surface area (Å²) in [5, 5.41) is 0.986. The first kappa shape index (κ1) is 15.7. The van der Waals surface area contributed by atoms with Gasteiger partial charge in [0.05, 0.1) is 15.6 Å². The monoisotopic (exact) mass is 324 g/mol. The van der Waals surface area contributed by atoms with Crippen LogP contribution in [-0.4, -0.2) is 5.97 Å². The summed E-state index contributed by atoms with van der Waals surface area (Å²) in [6, 6.07) is 12.3. The quantitative estimate of drug-likeness (QED) is 0.580. The molecule has 0 amide bonds. The molecule has 2 rings (SSSR count). The molecule has 0 saturated heterocycles. The predicted octanol–water partition coefficient (Wildman–Crippen LogP) is 4.89. The SMILES string of the molecule is CCC(=O)Oc1cccc(Cl)c1COc1ccccc1Cl. The number of hydrogen-bond donors (Lipinski definition) is 0. The first-order valence-corrected chi connectivity index (χ1v) is 7.22. The van der Waals surface area contributed by atoms with Crippen LogP contribution < -0.4 is 9.47 Å². The molecule has 0 aliphatic carbocycles. The largest absolute Gasteiger partial charge is 0.487 e. The van der Waals surface area contributed by atoms with Crippen LogP contribution in [0.3, 0.4) is 0 Å². The molecule has 0 saturated carbocycles. The number of carbonyl (C=O) groups is 1. The topological polar surface area (TPSA) is 35.5 Å². The normalized spacial score (nSPS) is 10.2. The lowest BCUT2D eigenvalue weighted by atomic mass is 10.2. The summed E-state index contributed by atoms with van der Waals surface area (Å²) in [6.07, 6.45) is 0.289. The number of rotatable bonds is 5. The molecular formula is C16H14Cl2O3. The van der Waals surface area contributed by atoms with Crippen LogP contribution in [0.2, 0.25) is 10.0 Å². The number of esters is 1. The van der Waals surface area contributed by atoms with Crippen molar-refractivity contribution in [3.05, 3.63) is 58.1 Å². The van der Waals surface area contributed by atoms with Gasteiger partial charge < -0.3 is 9.47 Å². The summed E-state index contributed by atoms with van der Waals surface area (Å²) in [6.45, 7) is 1.89. The van der Waals surface area contributed by atoms with E-state index in [0.717, 1.165) is 0 Å². The summed E-state index contributed by atoms with van der Waals surface area (Å²) in [5.74, 6) is 0.629. The van der Waals surface area contributed by atoms with Gasteiger partial charge in [0, 0.05) is 6.42 Å². The van der Waals surface area contributed by atoms with E-state index in [-0.39, 0.29) is 19.0 Å². The molecule has 0 fully saturated rings. The van der Waals surface area contributed by atoms with Gasteiger partial charge in [0.1, 0.15) is 18.1 Å². The maximum Gasteiger partial charge on any atom is 0.310 e. The minimum Gasteiger partial charge on any atom is -0.487 e. The van der Waals surface area contributed by atoms with Crippen LogP contribution >= 0.6 is 23.2 Å². The number of benzene rings is 2. The Balaban J connectivity index is 2.19. The van der Waals surface area contributed by atoms with Crippen molar-refractivity contribution < 1.29 is 14.3 Å². The van der Waals surface area contributed by atoms with E-state index < -0.39 is 0 Å². The van der Waals surface area contributed by atoms with Crippen molar-refractivity contribution >= 4 is 29.2 Å². The van der Waals surface area contributed by atoms with Crippen LogP contribution in [0.25, 0.3) is 0 Å². The van der Waals surface area contributed by atoms with Gasteiger partial charge in [-0.2, -0.15) is 0 Å². The van der Waals surface area contributed by atoms with E-state index in [2.05, 4.69) is 0 Å². The Labute approximate surface area is 133 Å². The highest BCUT2D eigenvalue weighted by molar-refractivity contribution is 6.32. The fourth-order valence-electron chi connectivity index (χ4n) is 1.68. The molecular weight excluding hydrogens is 311 g/mol. The van der Waals surface area contributed by atoms with Crippen molar-refractivity contribution in [3.8, 4) is 11.5 Å². The number of hydrogen-bond acceptors (Lipinski definition) is 3. The molecule has 5 heteroatoms. The molecule has 2 aromatic carbocycles. The van der Waals surface area contributed by atoms with Crippen molar-refractivity contribution in [3.63, 3.8) is 0 Å². The van der Waals surface area contributed by atoms with Gasteiger partial charge in [0.15, 0.2) is 0 Å². The second kappa shape index (κ2) is 7.34. The molecule has 110 valence electrons. The van der Waals surface area contributed by atoms with Gasteiger partial charge in [-0.25, -0.2) is 0 Å². The Morgan fingerprint density at radius 2 is 1.67 bits per heavy atom. The lowest BCUT2D eigenvalue weighted by Gasteiger charge is -2.13. The second-order valence-corrected chi connectivity index (χ2v) is 5.08. The van der Waals surface area contributed by atoms with E-state index in [0.29, 0.717) is 27.1 Å². The minimum atomic E-state index is -0.323. The van der Waals surface area contributed by atoms with Crippen molar-refractivity contribution in [2.45, 2.75) is 20.0 Å². The van der Waals surface area contributed by atoms with Gasteiger partial charge in [-0.05, 0) is 24.3 Å². The third-order valence-electron chi connectivity index (χ3n) is 2.80. The summed E-state index contributed by atoms with van der Waals surface area (Å²) >= 11 is 12.2. The standard InChI is InChI=1S/C16H14Cl2O3/c1-2-16(19)21-14-9-5-7-12(17)11(14)10-20-15-8-4-3-6-13(15)18/h3-9H,2,10H2,1H3. The number of ether oxygens (including phenoxy) is 2. The fourth-order valence-corrected chi connectivity index (χ4v) is 2.09. The molecule has 0 radical (unpaired) electrons. The summed E-state index contributed by atoms with van der Waals surface area (Å²) in [7, 11) is 0. The number of para-hydroxylation sites is 1. The molecule has 0 aliphatic rings. The van der Waals surface area contributed by atoms with Crippen LogP contribution in [0, 0.1) is 0 Å². The van der Waals surface area contributed by atoms with E-state index in [4.69, 9.17) is 32.7 Å². The molecule has 0 N–H and O–H groups in total. The Morgan fingerprint density at radius 1 is 1.00 bits per heavy atom. The molecule has 0 bridgehead atoms. The minimum absolute atomic E-state index is 0.162. The van der Waals surface area contributed by atoms with Gasteiger partial charge in [-0.3, -0.25) is 4.79 Å². The first-order chi connectivity index (χ1) is 10.1.